The molecule has 0 radical (unpaired) electrons. The van der Waals surface area contributed by atoms with Gasteiger partial charge >= 0.3 is 0 Å². The van der Waals surface area contributed by atoms with Gasteiger partial charge in [0, 0.05) is 5.02 Å². The molecule has 5 nitrogen and oxygen atoms in total. The molecule has 33 heavy (non-hydrogen) atoms. The molecule has 0 aromatic heterocycles. The molecule has 172 valence electrons. The predicted molar refractivity (Wildman–Crippen MR) is 132 cm³/mol. The highest BCUT2D eigenvalue weighted by Crippen LogP contribution is 2.33. The van der Waals surface area contributed by atoms with E-state index in [1.807, 2.05) is 13.0 Å². The van der Waals surface area contributed by atoms with Gasteiger partial charge in [0.1, 0.15) is 6.54 Å². The molecule has 0 bridgehead atoms. The first-order chi connectivity index (χ1) is 15.8. The largest absolute Gasteiger partial charge is 0.348 e. The summed E-state index contributed by atoms with van der Waals surface area (Å²) >= 11 is 12.5. The second-order valence-electron chi connectivity index (χ2n) is 8.09. The zero-order valence-corrected chi connectivity index (χ0v) is 20.4. The average Bonchev–Trinajstić information content (AvgIpc) is 3.27. The lowest BCUT2D eigenvalue weighted by atomic mass is 10.0. The highest BCUT2D eigenvalue weighted by molar-refractivity contribution is 7.92. The molecule has 1 aliphatic carbocycles. The van der Waals surface area contributed by atoms with Crippen molar-refractivity contribution < 1.29 is 13.2 Å². The van der Waals surface area contributed by atoms with Crippen LogP contribution in [0.3, 0.4) is 0 Å². The van der Waals surface area contributed by atoms with Gasteiger partial charge in [-0.2, -0.15) is 0 Å². The lowest BCUT2D eigenvalue weighted by Gasteiger charge is -2.26. The second-order valence-corrected chi connectivity index (χ2v) is 10.8. The van der Waals surface area contributed by atoms with Gasteiger partial charge in [-0.05, 0) is 73.2 Å². The number of nitrogens with zero attached hydrogens (tertiary/aromatic N) is 1. The van der Waals surface area contributed by atoms with Crippen molar-refractivity contribution >= 4 is 44.8 Å². The summed E-state index contributed by atoms with van der Waals surface area (Å²) in [4.78, 5) is 13.1. The fourth-order valence-corrected chi connectivity index (χ4v) is 5.95. The minimum atomic E-state index is -4.07. The van der Waals surface area contributed by atoms with Crippen LogP contribution < -0.4 is 9.62 Å². The van der Waals surface area contributed by atoms with Crippen molar-refractivity contribution in [3.63, 3.8) is 0 Å². The highest BCUT2D eigenvalue weighted by atomic mass is 35.5. The molecule has 0 fully saturated rings. The number of halogens is 2. The van der Waals surface area contributed by atoms with E-state index in [1.165, 1.54) is 35.4 Å². The van der Waals surface area contributed by atoms with Gasteiger partial charge in [-0.15, -0.1) is 0 Å². The Morgan fingerprint density at radius 3 is 2.48 bits per heavy atom. The molecular weight excluding hydrogens is 479 g/mol. The lowest BCUT2D eigenvalue weighted by molar-refractivity contribution is -0.120. The van der Waals surface area contributed by atoms with Gasteiger partial charge in [0.05, 0.1) is 21.6 Å². The minimum absolute atomic E-state index is 0.0560. The van der Waals surface area contributed by atoms with E-state index in [4.69, 9.17) is 23.2 Å². The molecule has 0 spiro atoms. The van der Waals surface area contributed by atoms with Crippen molar-refractivity contribution in [1.29, 1.82) is 0 Å². The number of sulfonamides is 1. The predicted octanol–water partition coefficient (Wildman–Crippen LogP) is 5.55. The maximum absolute atomic E-state index is 13.5. The summed E-state index contributed by atoms with van der Waals surface area (Å²) in [6.07, 6.45) is 3.27. The summed E-state index contributed by atoms with van der Waals surface area (Å²) < 4.78 is 27.9. The molecule has 3 aromatic carbocycles. The lowest BCUT2D eigenvalue weighted by Crippen LogP contribution is -2.41. The van der Waals surface area contributed by atoms with Crippen LogP contribution in [0.25, 0.3) is 0 Å². The number of fused-ring (bicyclic) bond motifs is 1. The van der Waals surface area contributed by atoms with Crippen LogP contribution in [0.4, 0.5) is 5.69 Å². The first-order valence-corrected chi connectivity index (χ1v) is 12.9. The van der Waals surface area contributed by atoms with Crippen LogP contribution in [0.15, 0.2) is 71.6 Å². The van der Waals surface area contributed by atoms with Crippen molar-refractivity contribution in [3.8, 4) is 0 Å². The third-order valence-electron chi connectivity index (χ3n) is 5.80. The third-order valence-corrected chi connectivity index (χ3v) is 8.12. The molecule has 0 unspecified atom stereocenters. The number of amides is 1. The Balaban J connectivity index is 1.61. The molecule has 0 saturated heterocycles. The molecule has 4 rings (SSSR count). The standard InChI is InChI=1S/C25H24Cl2N2O3S/c1-17(19-11-10-18-6-5-7-20(18)14-19)28-25(30)16-29(24-15-21(26)12-13-23(24)27)33(31,32)22-8-3-2-4-9-22/h2-4,8-15,17H,5-7,16H2,1H3,(H,28,30)/t17-/m0/s1. The number of nitrogens with one attached hydrogen (secondary N) is 1. The first-order valence-electron chi connectivity index (χ1n) is 10.7. The van der Waals surface area contributed by atoms with E-state index < -0.39 is 22.5 Å². The normalized spacial score (nSPS) is 13.9. The molecule has 3 aromatic rings. The number of rotatable bonds is 7. The quantitative estimate of drug-likeness (QED) is 0.460. The topological polar surface area (TPSA) is 66.5 Å². The van der Waals surface area contributed by atoms with Gasteiger partial charge in [0.25, 0.3) is 10.0 Å². The Morgan fingerprint density at radius 1 is 1.00 bits per heavy atom. The smallest absolute Gasteiger partial charge is 0.264 e. The van der Waals surface area contributed by atoms with Crippen LogP contribution in [0.2, 0.25) is 10.0 Å². The first kappa shape index (κ1) is 23.6. The van der Waals surface area contributed by atoms with Gasteiger partial charge in [0.2, 0.25) is 5.91 Å². The molecule has 1 atom stereocenters. The minimum Gasteiger partial charge on any atom is -0.348 e. The van der Waals surface area contributed by atoms with E-state index in [9.17, 15) is 13.2 Å². The van der Waals surface area contributed by atoms with E-state index in [2.05, 4.69) is 17.4 Å². The van der Waals surface area contributed by atoms with Crippen molar-refractivity contribution in [3.05, 3.63) is 93.5 Å². The zero-order valence-electron chi connectivity index (χ0n) is 18.1. The monoisotopic (exact) mass is 502 g/mol. The summed E-state index contributed by atoms with van der Waals surface area (Å²) in [7, 11) is -4.07. The Hall–Kier alpha value is -2.54. The molecule has 1 aliphatic rings. The van der Waals surface area contributed by atoms with Crippen LogP contribution in [0.1, 0.15) is 36.1 Å². The van der Waals surface area contributed by atoms with Gasteiger partial charge < -0.3 is 5.32 Å². The van der Waals surface area contributed by atoms with Crippen LogP contribution in [-0.2, 0) is 27.7 Å². The Kier molecular flexibility index (Phi) is 6.98. The summed E-state index contributed by atoms with van der Waals surface area (Å²) in [5.41, 5.74) is 3.80. The maximum atomic E-state index is 13.5. The van der Waals surface area contributed by atoms with Crippen LogP contribution in [0.5, 0.6) is 0 Å². The Bertz CT molecular complexity index is 1280. The second kappa shape index (κ2) is 9.75. The van der Waals surface area contributed by atoms with Crippen LogP contribution >= 0.6 is 23.2 Å². The molecule has 0 heterocycles. The number of hydrogen-bond acceptors (Lipinski definition) is 3. The third kappa shape index (κ3) is 5.18. The SMILES string of the molecule is C[C@H](NC(=O)CN(c1cc(Cl)ccc1Cl)S(=O)(=O)c1ccccc1)c1ccc2c(c1)CCC2. The molecule has 0 aliphatic heterocycles. The van der Waals surface area contributed by atoms with E-state index in [-0.39, 0.29) is 21.6 Å². The van der Waals surface area contributed by atoms with Crippen molar-refractivity contribution in [2.24, 2.45) is 0 Å². The number of benzene rings is 3. The van der Waals surface area contributed by atoms with E-state index in [0.717, 1.165) is 29.1 Å². The van der Waals surface area contributed by atoms with E-state index >= 15 is 0 Å². The number of carbonyl (C=O) groups excluding carboxylic acids is 1. The molecule has 8 heteroatoms. The fourth-order valence-electron chi connectivity index (χ4n) is 4.06. The van der Waals surface area contributed by atoms with Crippen LogP contribution in [-0.4, -0.2) is 20.9 Å². The summed E-state index contributed by atoms with van der Waals surface area (Å²) in [6.45, 7) is 1.45. The molecular formula is C25H24Cl2N2O3S. The van der Waals surface area contributed by atoms with Crippen molar-refractivity contribution in [2.75, 3.05) is 10.8 Å². The van der Waals surface area contributed by atoms with Gasteiger partial charge in [-0.1, -0.05) is 59.6 Å². The number of anilines is 1. The summed E-state index contributed by atoms with van der Waals surface area (Å²) in [5, 5.41) is 3.42. The summed E-state index contributed by atoms with van der Waals surface area (Å²) in [5.74, 6) is -0.446. The molecule has 1 amide bonds. The molecule has 1 N–H and O–H groups in total. The van der Waals surface area contributed by atoms with Crippen LogP contribution in [0, 0.1) is 0 Å². The Labute approximate surface area is 204 Å². The number of hydrogen-bond donors (Lipinski definition) is 1. The van der Waals surface area contributed by atoms with Crippen molar-refractivity contribution in [1.82, 2.24) is 5.32 Å². The molecule has 0 saturated carbocycles. The summed E-state index contributed by atoms with van der Waals surface area (Å²) in [6, 6.07) is 18.4. The maximum Gasteiger partial charge on any atom is 0.264 e. The average molecular weight is 503 g/mol. The number of aryl methyl sites for hydroxylation is 2. The van der Waals surface area contributed by atoms with E-state index in [1.54, 1.807) is 24.3 Å². The number of carbonyl (C=O) groups is 1. The Morgan fingerprint density at radius 2 is 1.73 bits per heavy atom. The highest BCUT2D eigenvalue weighted by Gasteiger charge is 2.29. The zero-order chi connectivity index (χ0) is 23.6. The van der Waals surface area contributed by atoms with Gasteiger partial charge in [0.15, 0.2) is 0 Å². The fraction of sp³-hybridized carbons (Fsp3) is 0.240. The van der Waals surface area contributed by atoms with Gasteiger partial charge in [-0.25, -0.2) is 8.42 Å². The van der Waals surface area contributed by atoms with Gasteiger partial charge in [-0.3, -0.25) is 9.10 Å². The van der Waals surface area contributed by atoms with E-state index in [0.29, 0.717) is 5.02 Å². The van der Waals surface area contributed by atoms with Crippen molar-refractivity contribution in [2.45, 2.75) is 37.1 Å².